The standard InChI is InChI=1S/C27H46O2/c1-17(2)7-6-8-18(3)20-9-10-21-19-11-14-27(28)16-24-23(29-24)15-26(27,5)22(19)12-13-25(20,21)4/h17-24,28H,6-16H2,1-5H3/t18-,19+,20+,21-,22+,23-,24+,25-,26-,27-/m1/s1. The summed E-state index contributed by atoms with van der Waals surface area (Å²) in [5.74, 6) is 5.12. The zero-order valence-electron chi connectivity index (χ0n) is 19.8. The summed E-state index contributed by atoms with van der Waals surface area (Å²) in [6, 6.07) is 0. The first-order valence-electron chi connectivity index (χ1n) is 13.1. The highest BCUT2D eigenvalue weighted by Crippen LogP contribution is 2.70. The minimum Gasteiger partial charge on any atom is -0.389 e. The van der Waals surface area contributed by atoms with Crippen LogP contribution in [0.3, 0.4) is 0 Å². The van der Waals surface area contributed by atoms with Gasteiger partial charge in [-0.25, -0.2) is 0 Å². The van der Waals surface area contributed by atoms with E-state index < -0.39 is 5.60 Å². The first-order chi connectivity index (χ1) is 13.7. The lowest BCUT2D eigenvalue weighted by Gasteiger charge is -2.63. The van der Waals surface area contributed by atoms with Crippen LogP contribution in [0.1, 0.15) is 105 Å². The average Bonchev–Trinajstić information content (AvgIpc) is 3.26. The van der Waals surface area contributed by atoms with Crippen LogP contribution in [0, 0.1) is 46.3 Å². The molecule has 0 aromatic rings. The smallest absolute Gasteiger partial charge is 0.0869 e. The van der Waals surface area contributed by atoms with Gasteiger partial charge in [-0.15, -0.1) is 0 Å². The first-order valence-corrected chi connectivity index (χ1v) is 13.1. The highest BCUT2D eigenvalue weighted by molar-refractivity contribution is 5.18. The summed E-state index contributed by atoms with van der Waals surface area (Å²) >= 11 is 0. The molecule has 4 saturated carbocycles. The summed E-state index contributed by atoms with van der Waals surface area (Å²) in [4.78, 5) is 0. The third kappa shape index (κ3) is 3.09. The molecular formula is C27H46O2. The molecule has 0 aromatic heterocycles. The fourth-order valence-corrected chi connectivity index (χ4v) is 9.51. The Balaban J connectivity index is 1.32. The van der Waals surface area contributed by atoms with Gasteiger partial charge in [-0.05, 0) is 85.9 Å². The molecule has 0 aromatic carbocycles. The number of epoxide rings is 1. The Labute approximate surface area is 179 Å². The van der Waals surface area contributed by atoms with Crippen LogP contribution < -0.4 is 0 Å². The van der Waals surface area contributed by atoms with E-state index >= 15 is 0 Å². The largest absolute Gasteiger partial charge is 0.389 e. The maximum absolute atomic E-state index is 11.7. The topological polar surface area (TPSA) is 32.8 Å². The van der Waals surface area contributed by atoms with E-state index in [2.05, 4.69) is 34.6 Å². The van der Waals surface area contributed by atoms with E-state index in [9.17, 15) is 5.11 Å². The van der Waals surface area contributed by atoms with Crippen molar-refractivity contribution in [3.05, 3.63) is 0 Å². The molecule has 1 saturated heterocycles. The molecule has 166 valence electrons. The second kappa shape index (κ2) is 6.96. The predicted molar refractivity (Wildman–Crippen MR) is 119 cm³/mol. The van der Waals surface area contributed by atoms with Gasteiger partial charge in [0.1, 0.15) is 0 Å². The maximum atomic E-state index is 11.7. The van der Waals surface area contributed by atoms with Gasteiger partial charge in [-0.3, -0.25) is 0 Å². The molecule has 10 atom stereocenters. The fraction of sp³-hybridized carbons (Fsp3) is 1.00. The lowest BCUT2D eigenvalue weighted by atomic mass is 9.43. The Morgan fingerprint density at radius 1 is 0.897 bits per heavy atom. The van der Waals surface area contributed by atoms with Crippen LogP contribution in [0.2, 0.25) is 0 Å². The summed E-state index contributed by atoms with van der Waals surface area (Å²) in [5, 5.41) is 11.7. The zero-order chi connectivity index (χ0) is 20.6. The molecule has 0 spiro atoms. The average molecular weight is 403 g/mol. The van der Waals surface area contributed by atoms with Crippen molar-refractivity contribution in [3.63, 3.8) is 0 Å². The van der Waals surface area contributed by atoms with Crippen LogP contribution in [0.15, 0.2) is 0 Å². The van der Waals surface area contributed by atoms with Gasteiger partial charge in [0.2, 0.25) is 0 Å². The van der Waals surface area contributed by atoms with E-state index in [0.29, 0.717) is 17.6 Å². The van der Waals surface area contributed by atoms with Crippen molar-refractivity contribution in [1.82, 2.24) is 0 Å². The van der Waals surface area contributed by atoms with Gasteiger partial charge in [0, 0.05) is 11.8 Å². The molecule has 1 heterocycles. The lowest BCUT2D eigenvalue weighted by Crippen LogP contribution is -2.62. The third-order valence-corrected chi connectivity index (χ3v) is 11.3. The Kier molecular flexibility index (Phi) is 4.99. The summed E-state index contributed by atoms with van der Waals surface area (Å²) in [6.07, 6.45) is 15.1. The predicted octanol–water partition coefficient (Wildman–Crippen LogP) is 6.60. The molecule has 5 rings (SSSR count). The van der Waals surface area contributed by atoms with E-state index in [-0.39, 0.29) is 5.41 Å². The van der Waals surface area contributed by atoms with Crippen molar-refractivity contribution in [1.29, 1.82) is 0 Å². The minimum atomic E-state index is -0.457. The fourth-order valence-electron chi connectivity index (χ4n) is 9.51. The van der Waals surface area contributed by atoms with E-state index in [1.165, 1.54) is 51.4 Å². The molecular weight excluding hydrogens is 356 g/mol. The van der Waals surface area contributed by atoms with Crippen LogP contribution in [0.25, 0.3) is 0 Å². The first kappa shape index (κ1) is 20.8. The quantitative estimate of drug-likeness (QED) is 0.525. The van der Waals surface area contributed by atoms with Crippen LogP contribution in [0.5, 0.6) is 0 Å². The molecule has 0 radical (unpaired) electrons. The number of ether oxygens (including phenoxy) is 1. The van der Waals surface area contributed by atoms with E-state index in [0.717, 1.165) is 54.8 Å². The van der Waals surface area contributed by atoms with Gasteiger partial charge in [-0.1, -0.05) is 53.9 Å². The molecule has 4 aliphatic carbocycles. The van der Waals surface area contributed by atoms with Gasteiger partial charge >= 0.3 is 0 Å². The minimum absolute atomic E-state index is 0.0931. The Hall–Kier alpha value is -0.0800. The summed E-state index contributed by atoms with van der Waals surface area (Å²) < 4.78 is 5.93. The van der Waals surface area contributed by atoms with Crippen LogP contribution in [0.4, 0.5) is 0 Å². The van der Waals surface area contributed by atoms with E-state index in [1.807, 2.05) is 0 Å². The van der Waals surface area contributed by atoms with Crippen LogP contribution in [-0.2, 0) is 4.74 Å². The van der Waals surface area contributed by atoms with Crippen LogP contribution in [-0.4, -0.2) is 22.9 Å². The SMILES string of the molecule is CC(C)CCC[C@@H](C)[C@@H]1CC[C@@H]2[C@@H]3CC[C@@]4(O)C[C@@H]5O[C@@H]5C[C@]4(C)[C@H]3CC[C@@]21C. The molecule has 0 unspecified atom stereocenters. The molecule has 2 nitrogen and oxygen atoms in total. The summed E-state index contributed by atoms with van der Waals surface area (Å²) in [6.45, 7) is 12.4. The number of hydrogen-bond donors (Lipinski definition) is 1. The Morgan fingerprint density at radius 2 is 1.66 bits per heavy atom. The highest BCUT2D eigenvalue weighted by Gasteiger charge is 2.68. The Morgan fingerprint density at radius 3 is 2.41 bits per heavy atom. The van der Waals surface area contributed by atoms with Crippen molar-refractivity contribution in [2.45, 2.75) is 123 Å². The van der Waals surface area contributed by atoms with Gasteiger partial charge in [0.25, 0.3) is 0 Å². The molecule has 2 heteroatoms. The molecule has 5 fully saturated rings. The zero-order valence-corrected chi connectivity index (χ0v) is 19.8. The van der Waals surface area contributed by atoms with Crippen molar-refractivity contribution < 1.29 is 9.84 Å². The molecule has 29 heavy (non-hydrogen) atoms. The monoisotopic (exact) mass is 402 g/mol. The maximum Gasteiger partial charge on any atom is 0.0869 e. The Bertz CT molecular complexity index is 630. The molecule has 5 aliphatic rings. The van der Waals surface area contributed by atoms with Crippen molar-refractivity contribution >= 4 is 0 Å². The number of fused-ring (bicyclic) bond motifs is 6. The number of aliphatic hydroxyl groups is 1. The van der Waals surface area contributed by atoms with E-state index in [1.54, 1.807) is 0 Å². The van der Waals surface area contributed by atoms with Gasteiger partial charge in [0.15, 0.2) is 0 Å². The second-order valence-corrected chi connectivity index (χ2v) is 13.0. The van der Waals surface area contributed by atoms with Crippen molar-refractivity contribution in [2.24, 2.45) is 46.3 Å². The van der Waals surface area contributed by atoms with Crippen molar-refractivity contribution in [2.75, 3.05) is 0 Å². The molecule has 1 aliphatic heterocycles. The lowest BCUT2D eigenvalue weighted by molar-refractivity contribution is -0.200. The van der Waals surface area contributed by atoms with Gasteiger partial charge < -0.3 is 9.84 Å². The van der Waals surface area contributed by atoms with Crippen LogP contribution >= 0.6 is 0 Å². The van der Waals surface area contributed by atoms with Gasteiger partial charge in [-0.2, -0.15) is 0 Å². The number of rotatable bonds is 5. The van der Waals surface area contributed by atoms with Crippen molar-refractivity contribution in [3.8, 4) is 0 Å². The van der Waals surface area contributed by atoms with Gasteiger partial charge in [0.05, 0.1) is 17.8 Å². The summed E-state index contributed by atoms with van der Waals surface area (Å²) in [5.41, 5.74) is 0.190. The molecule has 0 bridgehead atoms. The third-order valence-electron chi connectivity index (χ3n) is 11.3. The highest BCUT2D eigenvalue weighted by atomic mass is 16.6. The molecule has 0 amide bonds. The second-order valence-electron chi connectivity index (χ2n) is 13.0. The molecule has 1 N–H and O–H groups in total. The summed E-state index contributed by atoms with van der Waals surface area (Å²) in [7, 11) is 0. The normalized spacial score (nSPS) is 54.3. The number of hydrogen-bond acceptors (Lipinski definition) is 2. The van der Waals surface area contributed by atoms with E-state index in [4.69, 9.17) is 4.74 Å².